The zero-order chi connectivity index (χ0) is 11.8. The van der Waals surface area contributed by atoms with E-state index in [1.54, 1.807) is 0 Å². The third-order valence-corrected chi connectivity index (χ3v) is 4.60. The molecule has 2 nitrogen and oxygen atoms in total. The first-order valence-corrected chi connectivity index (χ1v) is 6.95. The number of piperazine rings is 1. The summed E-state index contributed by atoms with van der Waals surface area (Å²) in [5.41, 5.74) is 0.754. The molecule has 0 radical (unpaired) electrons. The molecule has 0 spiro atoms. The van der Waals surface area contributed by atoms with Gasteiger partial charge in [0.2, 0.25) is 0 Å². The molecule has 1 unspecified atom stereocenters. The number of nitrogens with one attached hydrogen (secondary N) is 1. The normalized spacial score (nSPS) is 34.9. The van der Waals surface area contributed by atoms with Crippen molar-refractivity contribution in [2.24, 2.45) is 0 Å². The quantitative estimate of drug-likeness (QED) is 0.737. The van der Waals surface area contributed by atoms with Gasteiger partial charge in [0, 0.05) is 30.2 Å². The maximum Gasteiger partial charge on any atom is 0.0253 e. The second-order valence-electron chi connectivity index (χ2n) is 6.80. The average Bonchev–Trinajstić information content (AvgIpc) is 2.23. The highest BCUT2D eigenvalue weighted by molar-refractivity contribution is 4.99. The van der Waals surface area contributed by atoms with Crippen LogP contribution in [-0.4, -0.2) is 35.1 Å². The van der Waals surface area contributed by atoms with Crippen LogP contribution in [0, 0.1) is 0 Å². The molecule has 2 aliphatic rings. The maximum atomic E-state index is 3.65. The number of nitrogens with zero attached hydrogens (tertiary/aromatic N) is 1. The van der Waals surface area contributed by atoms with Gasteiger partial charge in [-0.3, -0.25) is 4.90 Å². The van der Waals surface area contributed by atoms with E-state index in [1.807, 2.05) is 0 Å². The summed E-state index contributed by atoms with van der Waals surface area (Å²) in [4.78, 5) is 2.78. The van der Waals surface area contributed by atoms with Crippen molar-refractivity contribution >= 4 is 0 Å². The van der Waals surface area contributed by atoms with Crippen LogP contribution in [0.5, 0.6) is 0 Å². The molecule has 1 atom stereocenters. The third-order valence-electron chi connectivity index (χ3n) is 4.60. The summed E-state index contributed by atoms with van der Waals surface area (Å²) in [6.07, 6.45) is 7.08. The van der Waals surface area contributed by atoms with Crippen molar-refractivity contribution < 1.29 is 0 Å². The van der Waals surface area contributed by atoms with Crippen molar-refractivity contribution in [2.75, 3.05) is 13.1 Å². The SMILES string of the molecule is CC1CNC(C)(C)CN1C1(C)CCCCC1. The summed E-state index contributed by atoms with van der Waals surface area (Å²) in [5, 5.41) is 3.65. The molecule has 1 heterocycles. The number of hydrogen-bond donors (Lipinski definition) is 1. The average molecular weight is 224 g/mol. The van der Waals surface area contributed by atoms with E-state index in [-0.39, 0.29) is 5.54 Å². The molecule has 2 fully saturated rings. The van der Waals surface area contributed by atoms with Crippen LogP contribution in [0.15, 0.2) is 0 Å². The Balaban J connectivity index is 2.10. The van der Waals surface area contributed by atoms with Crippen LogP contribution < -0.4 is 5.32 Å². The maximum absolute atomic E-state index is 3.65. The smallest absolute Gasteiger partial charge is 0.0253 e. The van der Waals surface area contributed by atoms with E-state index in [4.69, 9.17) is 0 Å². The predicted octanol–water partition coefficient (Wildman–Crippen LogP) is 2.78. The van der Waals surface area contributed by atoms with Crippen LogP contribution in [0.25, 0.3) is 0 Å². The van der Waals surface area contributed by atoms with E-state index < -0.39 is 0 Å². The van der Waals surface area contributed by atoms with Crippen LogP contribution in [0.2, 0.25) is 0 Å². The fraction of sp³-hybridized carbons (Fsp3) is 1.00. The number of rotatable bonds is 1. The molecule has 0 aromatic rings. The zero-order valence-corrected chi connectivity index (χ0v) is 11.5. The standard InChI is InChI=1S/C14H28N2/c1-12-10-15-13(2,3)11-16(12)14(4)8-6-5-7-9-14/h12,15H,5-11H2,1-4H3. The second-order valence-corrected chi connectivity index (χ2v) is 6.80. The second kappa shape index (κ2) is 4.30. The summed E-state index contributed by atoms with van der Waals surface area (Å²) in [7, 11) is 0. The minimum Gasteiger partial charge on any atom is -0.309 e. The van der Waals surface area contributed by atoms with Gasteiger partial charge in [-0.15, -0.1) is 0 Å². The lowest BCUT2D eigenvalue weighted by molar-refractivity contribution is -0.0134. The zero-order valence-electron chi connectivity index (χ0n) is 11.5. The molecule has 1 saturated heterocycles. The number of hydrogen-bond acceptors (Lipinski definition) is 2. The highest BCUT2D eigenvalue weighted by Gasteiger charge is 2.41. The van der Waals surface area contributed by atoms with Crippen molar-refractivity contribution in [1.29, 1.82) is 0 Å². The van der Waals surface area contributed by atoms with Gasteiger partial charge in [0.25, 0.3) is 0 Å². The summed E-state index contributed by atoms with van der Waals surface area (Å²) in [5.74, 6) is 0. The van der Waals surface area contributed by atoms with Crippen molar-refractivity contribution in [2.45, 2.75) is 76.9 Å². The predicted molar refractivity (Wildman–Crippen MR) is 69.7 cm³/mol. The Morgan fingerprint density at radius 1 is 1.06 bits per heavy atom. The van der Waals surface area contributed by atoms with Gasteiger partial charge in [-0.2, -0.15) is 0 Å². The molecule has 94 valence electrons. The van der Waals surface area contributed by atoms with Gasteiger partial charge in [-0.25, -0.2) is 0 Å². The molecule has 0 aromatic heterocycles. The Bertz CT molecular complexity index is 241. The first-order valence-electron chi connectivity index (χ1n) is 6.95. The fourth-order valence-corrected chi connectivity index (χ4v) is 3.50. The first-order chi connectivity index (χ1) is 7.43. The van der Waals surface area contributed by atoms with Crippen LogP contribution in [0.4, 0.5) is 0 Å². The molecule has 1 aliphatic carbocycles. The Kier molecular flexibility index (Phi) is 3.33. The summed E-state index contributed by atoms with van der Waals surface area (Å²) in [6, 6.07) is 0.691. The summed E-state index contributed by atoms with van der Waals surface area (Å²) < 4.78 is 0. The van der Waals surface area contributed by atoms with E-state index in [1.165, 1.54) is 38.6 Å². The molecule has 1 aliphatic heterocycles. The lowest BCUT2D eigenvalue weighted by Gasteiger charge is -2.53. The lowest BCUT2D eigenvalue weighted by atomic mass is 9.79. The van der Waals surface area contributed by atoms with Crippen molar-refractivity contribution in [3.05, 3.63) is 0 Å². The van der Waals surface area contributed by atoms with E-state index in [2.05, 4.69) is 37.9 Å². The van der Waals surface area contributed by atoms with Crippen LogP contribution in [0.3, 0.4) is 0 Å². The van der Waals surface area contributed by atoms with Gasteiger partial charge >= 0.3 is 0 Å². The summed E-state index contributed by atoms with van der Waals surface area (Å²) in [6.45, 7) is 11.9. The largest absolute Gasteiger partial charge is 0.309 e. The molecule has 1 N–H and O–H groups in total. The molecule has 2 heteroatoms. The Morgan fingerprint density at radius 3 is 2.31 bits per heavy atom. The lowest BCUT2D eigenvalue weighted by Crippen LogP contribution is -2.66. The van der Waals surface area contributed by atoms with Crippen LogP contribution in [-0.2, 0) is 0 Å². The molecular formula is C14H28N2. The van der Waals surface area contributed by atoms with E-state index in [9.17, 15) is 0 Å². The minimum atomic E-state index is 0.285. The van der Waals surface area contributed by atoms with Crippen molar-refractivity contribution in [3.63, 3.8) is 0 Å². The van der Waals surface area contributed by atoms with E-state index in [0.29, 0.717) is 11.6 Å². The third kappa shape index (κ3) is 2.43. The molecule has 16 heavy (non-hydrogen) atoms. The van der Waals surface area contributed by atoms with E-state index >= 15 is 0 Å². The molecule has 0 amide bonds. The topological polar surface area (TPSA) is 15.3 Å². The molecule has 0 bridgehead atoms. The van der Waals surface area contributed by atoms with Crippen LogP contribution >= 0.6 is 0 Å². The molecule has 2 rings (SSSR count). The Morgan fingerprint density at radius 2 is 1.69 bits per heavy atom. The molecular weight excluding hydrogens is 196 g/mol. The van der Waals surface area contributed by atoms with Gasteiger partial charge in [0.15, 0.2) is 0 Å². The first kappa shape index (κ1) is 12.4. The van der Waals surface area contributed by atoms with Crippen molar-refractivity contribution in [1.82, 2.24) is 10.2 Å². The fourth-order valence-electron chi connectivity index (χ4n) is 3.50. The van der Waals surface area contributed by atoms with Gasteiger partial charge in [0.05, 0.1) is 0 Å². The van der Waals surface area contributed by atoms with Crippen molar-refractivity contribution in [3.8, 4) is 0 Å². The van der Waals surface area contributed by atoms with Crippen LogP contribution in [0.1, 0.15) is 59.8 Å². The van der Waals surface area contributed by atoms with Gasteiger partial charge in [-0.05, 0) is 40.5 Å². The highest BCUT2D eigenvalue weighted by atomic mass is 15.3. The van der Waals surface area contributed by atoms with Gasteiger partial charge < -0.3 is 5.32 Å². The Hall–Kier alpha value is -0.0800. The Labute approximate surface area is 101 Å². The van der Waals surface area contributed by atoms with Gasteiger partial charge in [0.1, 0.15) is 0 Å². The van der Waals surface area contributed by atoms with E-state index in [0.717, 1.165) is 6.54 Å². The molecule has 1 saturated carbocycles. The monoisotopic (exact) mass is 224 g/mol. The van der Waals surface area contributed by atoms with Gasteiger partial charge in [-0.1, -0.05) is 19.3 Å². The summed E-state index contributed by atoms with van der Waals surface area (Å²) >= 11 is 0. The molecule has 0 aromatic carbocycles. The minimum absolute atomic E-state index is 0.285. The highest BCUT2D eigenvalue weighted by Crippen LogP contribution is 2.36.